The summed E-state index contributed by atoms with van der Waals surface area (Å²) in [5, 5.41) is 0. The van der Waals surface area contributed by atoms with E-state index < -0.39 is 0 Å². The van der Waals surface area contributed by atoms with Gasteiger partial charge in [-0.05, 0) is 37.5 Å². The van der Waals surface area contributed by atoms with Crippen LogP contribution in [0.1, 0.15) is 70.8 Å². The standard InChI is InChI=1S/C40H72O13/c1-3-5-6-7-8-9-10-11-38-12-14-39(15-13-38)53-37-36-51-35-34-50-33-32-49-31-30-48-29-28-47-27-26-46-25-24-45-23-22-44-21-20-43-19-18-42-17-16-40(41)52-4-2/h12-15H,3-11,16-37H2,1-2H3. The third-order valence-electron chi connectivity index (χ3n) is 7.59. The number of unbranched alkanes of at least 4 members (excludes halogenated alkanes) is 6. The van der Waals surface area contributed by atoms with Crippen molar-refractivity contribution in [3.8, 4) is 5.75 Å². The van der Waals surface area contributed by atoms with Gasteiger partial charge in [0.25, 0.3) is 0 Å². The van der Waals surface area contributed by atoms with Gasteiger partial charge in [-0.25, -0.2) is 0 Å². The summed E-state index contributed by atoms with van der Waals surface area (Å²) in [5.74, 6) is 0.634. The van der Waals surface area contributed by atoms with Crippen LogP contribution in [0.2, 0.25) is 0 Å². The Hall–Kier alpha value is -1.91. The SMILES string of the molecule is CCCCCCCCCc1ccc(OCCOCCOCCOCCOCCOCCOCCOCCOCCOCCOCCC(=O)OCC)cc1. The first-order valence-corrected chi connectivity index (χ1v) is 19.9. The van der Waals surface area contributed by atoms with E-state index in [-0.39, 0.29) is 12.4 Å². The molecule has 0 aliphatic carbocycles. The van der Waals surface area contributed by atoms with Crippen LogP contribution in [0.15, 0.2) is 24.3 Å². The predicted octanol–water partition coefficient (Wildman–Crippen LogP) is 5.48. The molecular formula is C40H72O13. The van der Waals surface area contributed by atoms with Gasteiger partial charge in [-0.1, -0.05) is 57.6 Å². The second-order valence-corrected chi connectivity index (χ2v) is 12.0. The Morgan fingerprint density at radius 1 is 0.415 bits per heavy atom. The molecule has 13 nitrogen and oxygen atoms in total. The van der Waals surface area contributed by atoms with Gasteiger partial charge < -0.3 is 56.8 Å². The fraction of sp³-hybridized carbons (Fsp3) is 0.825. The molecule has 0 saturated heterocycles. The van der Waals surface area contributed by atoms with E-state index in [1.54, 1.807) is 6.92 Å². The second kappa shape index (κ2) is 41.3. The predicted molar refractivity (Wildman–Crippen MR) is 203 cm³/mol. The van der Waals surface area contributed by atoms with Crippen molar-refractivity contribution >= 4 is 5.97 Å². The summed E-state index contributed by atoms with van der Waals surface area (Å²) in [7, 11) is 0. The van der Waals surface area contributed by atoms with Gasteiger partial charge in [0.15, 0.2) is 0 Å². The van der Waals surface area contributed by atoms with Crippen molar-refractivity contribution in [2.75, 3.05) is 145 Å². The molecule has 310 valence electrons. The summed E-state index contributed by atoms with van der Waals surface area (Å²) in [6, 6.07) is 8.44. The molecule has 0 aliphatic heterocycles. The molecule has 13 heteroatoms. The minimum absolute atomic E-state index is 0.250. The Morgan fingerprint density at radius 2 is 0.755 bits per heavy atom. The number of benzene rings is 1. The molecule has 1 rings (SSSR count). The Bertz CT molecular complexity index is 875. The molecule has 0 unspecified atom stereocenters. The molecule has 0 fully saturated rings. The maximum absolute atomic E-state index is 11.2. The minimum atomic E-state index is -0.250. The van der Waals surface area contributed by atoms with Crippen LogP contribution in [0.4, 0.5) is 0 Å². The van der Waals surface area contributed by atoms with Crippen LogP contribution >= 0.6 is 0 Å². The smallest absolute Gasteiger partial charge is 0.308 e. The summed E-state index contributed by atoms with van der Waals surface area (Å²) >= 11 is 0. The van der Waals surface area contributed by atoms with Gasteiger partial charge in [0.05, 0.1) is 145 Å². The molecule has 0 bridgehead atoms. The molecule has 53 heavy (non-hydrogen) atoms. The Kier molecular flexibility index (Phi) is 38.2. The molecule has 0 aromatic heterocycles. The number of aryl methyl sites for hydroxylation is 1. The third kappa shape index (κ3) is 36.8. The lowest BCUT2D eigenvalue weighted by atomic mass is 10.0. The molecule has 0 amide bonds. The van der Waals surface area contributed by atoms with E-state index in [1.165, 1.54) is 50.5 Å². The molecule has 0 spiro atoms. The maximum Gasteiger partial charge on any atom is 0.308 e. The molecule has 0 atom stereocenters. The van der Waals surface area contributed by atoms with Crippen LogP contribution in [0, 0.1) is 0 Å². The highest BCUT2D eigenvalue weighted by Crippen LogP contribution is 2.15. The van der Waals surface area contributed by atoms with Crippen LogP contribution in [-0.4, -0.2) is 151 Å². The molecule has 0 radical (unpaired) electrons. The summed E-state index contributed by atoms with van der Waals surface area (Å²) in [5.41, 5.74) is 1.38. The van der Waals surface area contributed by atoms with Crippen molar-refractivity contribution < 1.29 is 61.6 Å². The lowest BCUT2D eigenvalue weighted by Crippen LogP contribution is -2.15. The number of rotatable bonds is 43. The number of ether oxygens (including phenoxy) is 12. The van der Waals surface area contributed by atoms with E-state index in [9.17, 15) is 4.79 Å². The summed E-state index contributed by atoms with van der Waals surface area (Å²) < 4.78 is 65.4. The van der Waals surface area contributed by atoms with E-state index in [0.717, 1.165) is 12.2 Å². The summed E-state index contributed by atoms with van der Waals surface area (Å²) in [6.07, 6.45) is 10.8. The van der Waals surface area contributed by atoms with Gasteiger partial charge >= 0.3 is 5.97 Å². The highest BCUT2D eigenvalue weighted by atomic mass is 16.6. The zero-order valence-corrected chi connectivity index (χ0v) is 33.0. The van der Waals surface area contributed by atoms with Crippen LogP contribution in [0.25, 0.3) is 0 Å². The molecule has 0 N–H and O–H groups in total. The fourth-order valence-corrected chi connectivity index (χ4v) is 4.73. The maximum atomic E-state index is 11.2. The van der Waals surface area contributed by atoms with Crippen LogP contribution in [0.5, 0.6) is 5.75 Å². The van der Waals surface area contributed by atoms with E-state index in [0.29, 0.717) is 145 Å². The topological polar surface area (TPSA) is 128 Å². The van der Waals surface area contributed by atoms with Crippen molar-refractivity contribution in [3.63, 3.8) is 0 Å². The highest BCUT2D eigenvalue weighted by molar-refractivity contribution is 5.69. The van der Waals surface area contributed by atoms with Crippen molar-refractivity contribution in [1.29, 1.82) is 0 Å². The van der Waals surface area contributed by atoms with E-state index >= 15 is 0 Å². The van der Waals surface area contributed by atoms with E-state index in [2.05, 4.69) is 31.2 Å². The molecular weight excluding hydrogens is 688 g/mol. The van der Waals surface area contributed by atoms with Gasteiger partial charge in [0.1, 0.15) is 12.4 Å². The average molecular weight is 761 g/mol. The molecule has 0 heterocycles. The number of carbonyl (C=O) groups is 1. The fourth-order valence-electron chi connectivity index (χ4n) is 4.73. The Labute approximate surface area is 319 Å². The van der Waals surface area contributed by atoms with Crippen LogP contribution in [-0.2, 0) is 63.3 Å². The number of hydrogen-bond acceptors (Lipinski definition) is 13. The molecule has 1 aromatic carbocycles. The highest BCUT2D eigenvalue weighted by Gasteiger charge is 2.01. The summed E-state index contributed by atoms with van der Waals surface area (Å²) in [6.45, 7) is 14.7. The van der Waals surface area contributed by atoms with Gasteiger partial charge in [0, 0.05) is 0 Å². The van der Waals surface area contributed by atoms with Gasteiger partial charge in [0.2, 0.25) is 0 Å². The second-order valence-electron chi connectivity index (χ2n) is 12.0. The minimum Gasteiger partial charge on any atom is -0.491 e. The Morgan fingerprint density at radius 3 is 1.13 bits per heavy atom. The lowest BCUT2D eigenvalue weighted by molar-refractivity contribution is -0.144. The number of esters is 1. The average Bonchev–Trinajstić information content (AvgIpc) is 3.17. The van der Waals surface area contributed by atoms with Crippen LogP contribution in [0.3, 0.4) is 0 Å². The zero-order chi connectivity index (χ0) is 38.0. The van der Waals surface area contributed by atoms with Gasteiger partial charge in [-0.3, -0.25) is 4.79 Å². The lowest BCUT2D eigenvalue weighted by Gasteiger charge is -2.09. The first kappa shape index (κ1) is 49.1. The number of carbonyl (C=O) groups excluding carboxylic acids is 1. The molecule has 0 saturated carbocycles. The van der Waals surface area contributed by atoms with Crippen molar-refractivity contribution in [1.82, 2.24) is 0 Å². The van der Waals surface area contributed by atoms with Gasteiger partial charge in [-0.15, -0.1) is 0 Å². The van der Waals surface area contributed by atoms with Crippen LogP contribution < -0.4 is 4.74 Å². The first-order chi connectivity index (χ1) is 26.3. The normalized spacial score (nSPS) is 11.4. The first-order valence-electron chi connectivity index (χ1n) is 19.9. The van der Waals surface area contributed by atoms with Crippen molar-refractivity contribution in [3.05, 3.63) is 29.8 Å². The van der Waals surface area contributed by atoms with E-state index in [1.807, 2.05) is 0 Å². The van der Waals surface area contributed by atoms with Crippen molar-refractivity contribution in [2.24, 2.45) is 0 Å². The van der Waals surface area contributed by atoms with Crippen molar-refractivity contribution in [2.45, 2.75) is 71.6 Å². The molecule has 0 aliphatic rings. The zero-order valence-electron chi connectivity index (χ0n) is 33.0. The van der Waals surface area contributed by atoms with Gasteiger partial charge in [-0.2, -0.15) is 0 Å². The Balaban J connectivity index is 1.69. The quantitative estimate of drug-likeness (QED) is 0.0617. The summed E-state index contributed by atoms with van der Waals surface area (Å²) in [4.78, 5) is 11.2. The van der Waals surface area contributed by atoms with E-state index in [4.69, 9.17) is 56.8 Å². The molecule has 1 aromatic rings. The largest absolute Gasteiger partial charge is 0.491 e. The monoisotopic (exact) mass is 760 g/mol. The third-order valence-corrected chi connectivity index (χ3v) is 7.59. The number of hydrogen-bond donors (Lipinski definition) is 0.